The first kappa shape index (κ1) is 20.8. The van der Waals surface area contributed by atoms with Gasteiger partial charge >= 0.3 is 0 Å². The number of nitrogens with zero attached hydrogens (tertiary/aromatic N) is 3. The summed E-state index contributed by atoms with van der Waals surface area (Å²) in [6.07, 6.45) is 1.83. The lowest BCUT2D eigenvalue weighted by molar-refractivity contribution is -0.113. The van der Waals surface area contributed by atoms with Crippen molar-refractivity contribution in [2.75, 3.05) is 31.2 Å². The van der Waals surface area contributed by atoms with Crippen molar-refractivity contribution >= 4 is 34.1 Å². The van der Waals surface area contributed by atoms with E-state index in [4.69, 9.17) is 9.98 Å². The van der Waals surface area contributed by atoms with Gasteiger partial charge in [0, 0.05) is 37.2 Å². The number of likely N-dealkylation sites (tertiary alicyclic amines) is 1. The first-order chi connectivity index (χ1) is 14.4. The standard InChI is InChI=1S/C24H28N4OS/c1-17-7-9-19(10-8-17)22-23(27-24(26-22)11-13-28(3)14-12-24)30-16-21(29)25-20-6-4-5-18(2)15-20/h4-10,15H,11-14,16H2,1-3H3,(H,25,29). The number of piperidine rings is 1. The summed E-state index contributed by atoms with van der Waals surface area (Å²) < 4.78 is 0. The summed E-state index contributed by atoms with van der Waals surface area (Å²) in [5.74, 6) is 0.286. The Morgan fingerprint density at radius 3 is 2.50 bits per heavy atom. The van der Waals surface area contributed by atoms with E-state index in [1.807, 2.05) is 31.2 Å². The maximum absolute atomic E-state index is 12.5. The summed E-state index contributed by atoms with van der Waals surface area (Å²) in [7, 11) is 2.14. The number of rotatable bonds is 4. The first-order valence-corrected chi connectivity index (χ1v) is 11.4. The summed E-state index contributed by atoms with van der Waals surface area (Å²) in [4.78, 5) is 25.0. The van der Waals surface area contributed by atoms with Gasteiger partial charge in [0.15, 0.2) is 5.66 Å². The number of carbonyl (C=O) groups excluding carboxylic acids is 1. The number of aliphatic imine (C=N–C) groups is 2. The van der Waals surface area contributed by atoms with E-state index >= 15 is 0 Å². The van der Waals surface area contributed by atoms with Gasteiger partial charge in [-0.1, -0.05) is 53.7 Å². The summed E-state index contributed by atoms with van der Waals surface area (Å²) in [6.45, 7) is 6.07. The molecular formula is C24H28N4OS. The molecule has 6 heteroatoms. The Morgan fingerprint density at radius 1 is 1.07 bits per heavy atom. The third kappa shape index (κ3) is 4.82. The zero-order valence-electron chi connectivity index (χ0n) is 17.8. The fourth-order valence-electron chi connectivity index (χ4n) is 3.78. The van der Waals surface area contributed by atoms with Crippen molar-refractivity contribution in [3.8, 4) is 0 Å². The molecule has 2 heterocycles. The topological polar surface area (TPSA) is 57.1 Å². The first-order valence-electron chi connectivity index (χ1n) is 10.4. The number of amides is 1. The van der Waals surface area contributed by atoms with Crippen molar-refractivity contribution < 1.29 is 4.79 Å². The van der Waals surface area contributed by atoms with Crippen molar-refractivity contribution in [3.05, 3.63) is 65.2 Å². The van der Waals surface area contributed by atoms with Gasteiger partial charge in [0.05, 0.1) is 11.5 Å². The molecule has 1 amide bonds. The fraction of sp³-hybridized carbons (Fsp3) is 0.375. The Morgan fingerprint density at radius 2 is 1.80 bits per heavy atom. The van der Waals surface area contributed by atoms with Gasteiger partial charge in [0.2, 0.25) is 5.91 Å². The van der Waals surface area contributed by atoms with Gasteiger partial charge < -0.3 is 10.2 Å². The zero-order chi connectivity index (χ0) is 21.1. The number of anilines is 1. The average molecular weight is 421 g/mol. The molecule has 5 nitrogen and oxygen atoms in total. The molecule has 0 saturated carbocycles. The van der Waals surface area contributed by atoms with Crippen LogP contribution >= 0.6 is 11.8 Å². The SMILES string of the molecule is Cc1ccc(C2=NC3(CCN(C)CC3)N=C2SCC(=O)Nc2cccc(C)c2)cc1. The van der Waals surface area contributed by atoms with Crippen molar-refractivity contribution in [1.29, 1.82) is 0 Å². The van der Waals surface area contributed by atoms with Gasteiger partial charge in [-0.15, -0.1) is 0 Å². The fourth-order valence-corrected chi connectivity index (χ4v) is 4.65. The summed E-state index contributed by atoms with van der Waals surface area (Å²) in [6, 6.07) is 16.3. The van der Waals surface area contributed by atoms with Crippen LogP contribution in [0.3, 0.4) is 0 Å². The largest absolute Gasteiger partial charge is 0.325 e. The number of nitrogens with one attached hydrogen (secondary N) is 1. The molecule has 0 aliphatic carbocycles. The molecule has 2 aromatic carbocycles. The number of aryl methyl sites for hydroxylation is 2. The van der Waals surface area contributed by atoms with E-state index in [0.29, 0.717) is 5.75 Å². The number of hydrogen-bond acceptors (Lipinski definition) is 5. The van der Waals surface area contributed by atoms with E-state index in [0.717, 1.165) is 53.5 Å². The van der Waals surface area contributed by atoms with Gasteiger partial charge in [-0.3, -0.25) is 9.79 Å². The Labute approximate surface area is 182 Å². The molecule has 0 bridgehead atoms. The molecule has 2 aliphatic rings. The molecule has 156 valence electrons. The van der Waals surface area contributed by atoms with E-state index in [-0.39, 0.29) is 11.6 Å². The van der Waals surface area contributed by atoms with Gasteiger partial charge in [0.1, 0.15) is 5.04 Å². The smallest absolute Gasteiger partial charge is 0.234 e. The van der Waals surface area contributed by atoms with Gasteiger partial charge in [0.25, 0.3) is 0 Å². The average Bonchev–Trinajstić information content (AvgIpc) is 3.08. The molecule has 0 unspecified atom stereocenters. The van der Waals surface area contributed by atoms with Crippen molar-refractivity contribution in [2.24, 2.45) is 9.98 Å². The predicted octanol–water partition coefficient (Wildman–Crippen LogP) is 4.30. The monoisotopic (exact) mass is 420 g/mol. The van der Waals surface area contributed by atoms with E-state index in [9.17, 15) is 4.79 Å². The highest BCUT2D eigenvalue weighted by Gasteiger charge is 2.39. The van der Waals surface area contributed by atoms with Crippen molar-refractivity contribution in [2.45, 2.75) is 32.4 Å². The van der Waals surface area contributed by atoms with Crippen LogP contribution in [0.25, 0.3) is 0 Å². The second kappa shape index (κ2) is 8.74. The molecular weight excluding hydrogens is 392 g/mol. The molecule has 30 heavy (non-hydrogen) atoms. The van der Waals surface area contributed by atoms with Gasteiger partial charge in [-0.05, 0) is 38.6 Å². The van der Waals surface area contributed by atoms with Crippen LogP contribution in [-0.2, 0) is 4.79 Å². The third-order valence-electron chi connectivity index (χ3n) is 5.59. The lowest BCUT2D eigenvalue weighted by Crippen LogP contribution is -2.39. The molecule has 2 aliphatic heterocycles. The van der Waals surface area contributed by atoms with E-state index in [1.54, 1.807) is 0 Å². The maximum Gasteiger partial charge on any atom is 0.234 e. The van der Waals surface area contributed by atoms with Crippen LogP contribution in [-0.4, -0.2) is 53.1 Å². The lowest BCUT2D eigenvalue weighted by Gasteiger charge is -2.33. The molecule has 1 spiro atoms. The quantitative estimate of drug-likeness (QED) is 0.802. The molecule has 1 fully saturated rings. The van der Waals surface area contributed by atoms with E-state index in [1.165, 1.54) is 17.3 Å². The van der Waals surface area contributed by atoms with Crippen LogP contribution in [0.4, 0.5) is 5.69 Å². The normalized spacial score (nSPS) is 18.2. The van der Waals surface area contributed by atoms with Gasteiger partial charge in [-0.25, -0.2) is 4.99 Å². The number of carbonyl (C=O) groups is 1. The second-order valence-corrected chi connectivity index (χ2v) is 9.20. The van der Waals surface area contributed by atoms with Crippen LogP contribution in [0.15, 0.2) is 58.5 Å². The minimum atomic E-state index is -0.373. The van der Waals surface area contributed by atoms with E-state index < -0.39 is 0 Å². The highest BCUT2D eigenvalue weighted by Crippen LogP contribution is 2.35. The summed E-state index contributed by atoms with van der Waals surface area (Å²) in [5, 5.41) is 3.86. The number of benzene rings is 2. The Kier molecular flexibility index (Phi) is 6.06. The van der Waals surface area contributed by atoms with Crippen LogP contribution in [0.2, 0.25) is 0 Å². The van der Waals surface area contributed by atoms with E-state index in [2.05, 4.69) is 48.5 Å². The zero-order valence-corrected chi connectivity index (χ0v) is 18.6. The van der Waals surface area contributed by atoms with Crippen molar-refractivity contribution in [1.82, 2.24) is 4.90 Å². The minimum Gasteiger partial charge on any atom is -0.325 e. The molecule has 0 atom stereocenters. The van der Waals surface area contributed by atoms with Gasteiger partial charge in [-0.2, -0.15) is 0 Å². The Hall–Kier alpha value is -2.44. The third-order valence-corrected chi connectivity index (χ3v) is 6.55. The number of hydrogen-bond donors (Lipinski definition) is 1. The number of thioether (sulfide) groups is 1. The lowest BCUT2D eigenvalue weighted by atomic mass is 9.99. The highest BCUT2D eigenvalue weighted by molar-refractivity contribution is 8.16. The van der Waals surface area contributed by atoms with Crippen molar-refractivity contribution in [3.63, 3.8) is 0 Å². The molecule has 1 saturated heterocycles. The minimum absolute atomic E-state index is 0.0270. The molecule has 1 N–H and O–H groups in total. The Bertz CT molecular complexity index is 989. The Balaban J connectivity index is 1.51. The van der Waals surface area contributed by atoms with Crippen LogP contribution in [0, 0.1) is 13.8 Å². The highest BCUT2D eigenvalue weighted by atomic mass is 32.2. The van der Waals surface area contributed by atoms with Crippen LogP contribution in [0.1, 0.15) is 29.5 Å². The summed E-state index contributed by atoms with van der Waals surface area (Å²) >= 11 is 1.48. The summed E-state index contributed by atoms with van der Waals surface area (Å²) in [5.41, 5.74) is 4.79. The second-order valence-electron chi connectivity index (χ2n) is 8.24. The molecule has 4 rings (SSSR count). The van der Waals surface area contributed by atoms with Crippen LogP contribution < -0.4 is 5.32 Å². The predicted molar refractivity (Wildman–Crippen MR) is 127 cm³/mol. The maximum atomic E-state index is 12.5. The van der Waals surface area contributed by atoms with Crippen LogP contribution in [0.5, 0.6) is 0 Å². The molecule has 2 aromatic rings. The molecule has 0 aromatic heterocycles. The molecule has 0 radical (unpaired) electrons.